The molecule has 4 heteroatoms. The molecule has 0 amide bonds. The minimum atomic E-state index is -0.428. The van der Waals surface area contributed by atoms with E-state index >= 15 is 0 Å². The Bertz CT molecular complexity index is 231. The first-order valence-corrected chi connectivity index (χ1v) is 3.79. The minimum Gasteiger partial charge on any atom is -0.469 e. The number of esters is 1. The number of ketones is 2. The van der Waals surface area contributed by atoms with Gasteiger partial charge in [-0.15, -0.1) is 0 Å². The van der Waals surface area contributed by atoms with Crippen molar-refractivity contribution in [1.29, 1.82) is 0 Å². The number of carbonyl (C=O) groups is 3. The SMILES string of the molecule is COC(=O)CC1CCC(=O)C1=O. The van der Waals surface area contributed by atoms with E-state index in [2.05, 4.69) is 4.74 Å². The lowest BCUT2D eigenvalue weighted by Crippen LogP contribution is -2.17. The summed E-state index contributed by atoms with van der Waals surface area (Å²) in [5.41, 5.74) is 0. The van der Waals surface area contributed by atoms with Gasteiger partial charge in [0.1, 0.15) is 0 Å². The van der Waals surface area contributed by atoms with E-state index in [1.807, 2.05) is 0 Å². The van der Waals surface area contributed by atoms with Crippen LogP contribution in [0.2, 0.25) is 0 Å². The summed E-state index contributed by atoms with van der Waals surface area (Å²) >= 11 is 0. The number of ether oxygens (including phenoxy) is 1. The fourth-order valence-corrected chi connectivity index (χ4v) is 1.27. The molecule has 0 saturated heterocycles. The molecule has 0 aliphatic heterocycles. The van der Waals surface area contributed by atoms with Crippen molar-refractivity contribution in [2.45, 2.75) is 19.3 Å². The average Bonchev–Trinajstić information content (AvgIpc) is 2.36. The fraction of sp³-hybridized carbons (Fsp3) is 0.625. The molecular weight excluding hydrogens is 160 g/mol. The number of Topliss-reactive ketones (excluding diaryl/α,β-unsaturated/α-hetero) is 2. The van der Waals surface area contributed by atoms with Crippen LogP contribution in [0.1, 0.15) is 19.3 Å². The highest BCUT2D eigenvalue weighted by Crippen LogP contribution is 2.21. The third-order valence-corrected chi connectivity index (χ3v) is 2.01. The quantitative estimate of drug-likeness (QED) is 0.435. The normalized spacial score (nSPS) is 22.9. The molecule has 1 aliphatic carbocycles. The van der Waals surface area contributed by atoms with Crippen molar-refractivity contribution in [3.63, 3.8) is 0 Å². The van der Waals surface area contributed by atoms with Gasteiger partial charge in [0.2, 0.25) is 5.78 Å². The lowest BCUT2D eigenvalue weighted by Gasteiger charge is -2.03. The third kappa shape index (κ3) is 1.69. The van der Waals surface area contributed by atoms with Gasteiger partial charge in [-0.05, 0) is 6.42 Å². The highest BCUT2D eigenvalue weighted by Gasteiger charge is 2.33. The van der Waals surface area contributed by atoms with Crippen molar-refractivity contribution >= 4 is 17.5 Å². The molecule has 1 unspecified atom stereocenters. The van der Waals surface area contributed by atoms with E-state index in [1.54, 1.807) is 0 Å². The second-order valence-electron chi connectivity index (χ2n) is 2.80. The van der Waals surface area contributed by atoms with E-state index in [-0.39, 0.29) is 18.6 Å². The summed E-state index contributed by atoms with van der Waals surface area (Å²) in [6, 6.07) is 0. The maximum Gasteiger partial charge on any atom is 0.306 e. The first-order valence-electron chi connectivity index (χ1n) is 3.79. The Morgan fingerprint density at radius 2 is 2.25 bits per heavy atom. The van der Waals surface area contributed by atoms with Crippen LogP contribution in [0, 0.1) is 5.92 Å². The Hall–Kier alpha value is -1.19. The van der Waals surface area contributed by atoms with Gasteiger partial charge in [0.05, 0.1) is 13.5 Å². The van der Waals surface area contributed by atoms with Gasteiger partial charge < -0.3 is 4.74 Å². The molecule has 0 aromatic carbocycles. The molecule has 4 nitrogen and oxygen atoms in total. The molecule has 1 aliphatic rings. The third-order valence-electron chi connectivity index (χ3n) is 2.01. The monoisotopic (exact) mass is 170 g/mol. The first kappa shape index (κ1) is 8.90. The van der Waals surface area contributed by atoms with Crippen LogP contribution in [-0.4, -0.2) is 24.6 Å². The van der Waals surface area contributed by atoms with Crippen LogP contribution in [0.25, 0.3) is 0 Å². The molecule has 0 bridgehead atoms. The van der Waals surface area contributed by atoms with Gasteiger partial charge in [-0.25, -0.2) is 0 Å². The molecule has 0 radical (unpaired) electrons. The summed E-state index contributed by atoms with van der Waals surface area (Å²) in [6.07, 6.45) is 0.814. The van der Waals surface area contributed by atoms with Crippen LogP contribution >= 0.6 is 0 Å². The maximum absolute atomic E-state index is 11.0. The zero-order valence-electron chi connectivity index (χ0n) is 6.83. The van der Waals surface area contributed by atoms with Crippen molar-refractivity contribution in [2.24, 2.45) is 5.92 Å². The summed E-state index contributed by atoms with van der Waals surface area (Å²) in [5, 5.41) is 0. The summed E-state index contributed by atoms with van der Waals surface area (Å²) < 4.78 is 4.39. The van der Waals surface area contributed by atoms with E-state index < -0.39 is 17.7 Å². The maximum atomic E-state index is 11.0. The standard InChI is InChI=1S/C8H10O4/c1-12-7(10)4-5-2-3-6(9)8(5)11/h5H,2-4H2,1H3. The summed E-state index contributed by atoms with van der Waals surface area (Å²) in [6.45, 7) is 0. The zero-order valence-corrected chi connectivity index (χ0v) is 6.83. The number of hydrogen-bond donors (Lipinski definition) is 0. The molecule has 0 N–H and O–H groups in total. The highest BCUT2D eigenvalue weighted by molar-refractivity contribution is 6.40. The van der Waals surface area contributed by atoms with Crippen LogP contribution < -0.4 is 0 Å². The van der Waals surface area contributed by atoms with Gasteiger partial charge in [-0.2, -0.15) is 0 Å². The molecule has 0 heterocycles. The van der Waals surface area contributed by atoms with Gasteiger partial charge in [-0.3, -0.25) is 14.4 Å². The van der Waals surface area contributed by atoms with Gasteiger partial charge in [0, 0.05) is 12.3 Å². The number of methoxy groups -OCH3 is 1. The summed E-state index contributed by atoms with van der Waals surface area (Å²) in [4.78, 5) is 32.5. The Balaban J connectivity index is 2.50. The minimum absolute atomic E-state index is 0.0427. The predicted octanol–water partition coefficient (Wildman–Crippen LogP) is 0.0977. The van der Waals surface area contributed by atoms with Gasteiger partial charge in [0.25, 0.3) is 0 Å². The first-order chi connectivity index (χ1) is 5.65. The Labute approximate surface area is 69.9 Å². The molecule has 0 aromatic heterocycles. The Morgan fingerprint density at radius 3 is 2.67 bits per heavy atom. The van der Waals surface area contributed by atoms with E-state index in [4.69, 9.17) is 0 Å². The molecule has 0 aromatic rings. The van der Waals surface area contributed by atoms with E-state index in [9.17, 15) is 14.4 Å². The van der Waals surface area contributed by atoms with Crippen LogP contribution in [0.15, 0.2) is 0 Å². The number of carbonyl (C=O) groups excluding carboxylic acids is 3. The number of hydrogen-bond acceptors (Lipinski definition) is 4. The summed E-state index contributed by atoms with van der Waals surface area (Å²) in [7, 11) is 1.27. The second-order valence-corrected chi connectivity index (χ2v) is 2.80. The highest BCUT2D eigenvalue weighted by atomic mass is 16.5. The Kier molecular flexibility index (Phi) is 2.58. The van der Waals surface area contributed by atoms with Crippen molar-refractivity contribution in [1.82, 2.24) is 0 Å². The largest absolute Gasteiger partial charge is 0.469 e. The molecule has 1 atom stereocenters. The second kappa shape index (κ2) is 3.47. The van der Waals surface area contributed by atoms with Gasteiger partial charge in [0.15, 0.2) is 5.78 Å². The molecule has 1 saturated carbocycles. The molecule has 0 spiro atoms. The zero-order chi connectivity index (χ0) is 9.14. The molecule has 66 valence electrons. The predicted molar refractivity (Wildman–Crippen MR) is 39.4 cm³/mol. The molecule has 1 fully saturated rings. The van der Waals surface area contributed by atoms with Crippen LogP contribution in [0.3, 0.4) is 0 Å². The lowest BCUT2D eigenvalue weighted by atomic mass is 10.0. The average molecular weight is 170 g/mol. The van der Waals surface area contributed by atoms with Gasteiger partial charge >= 0.3 is 5.97 Å². The van der Waals surface area contributed by atoms with E-state index in [1.165, 1.54) is 7.11 Å². The van der Waals surface area contributed by atoms with Crippen molar-refractivity contribution in [2.75, 3.05) is 7.11 Å². The summed E-state index contributed by atoms with van der Waals surface area (Å²) in [5.74, 6) is -1.63. The molecule has 1 rings (SSSR count). The fourth-order valence-electron chi connectivity index (χ4n) is 1.27. The van der Waals surface area contributed by atoms with Crippen molar-refractivity contribution in [3.05, 3.63) is 0 Å². The van der Waals surface area contributed by atoms with Crippen LogP contribution in [0.5, 0.6) is 0 Å². The van der Waals surface area contributed by atoms with Crippen molar-refractivity contribution < 1.29 is 19.1 Å². The van der Waals surface area contributed by atoms with Crippen LogP contribution in [-0.2, 0) is 19.1 Å². The molecular formula is C8H10O4. The topological polar surface area (TPSA) is 60.4 Å². The van der Waals surface area contributed by atoms with Crippen LogP contribution in [0.4, 0.5) is 0 Å². The lowest BCUT2D eigenvalue weighted by molar-refractivity contribution is -0.144. The van der Waals surface area contributed by atoms with E-state index in [0.29, 0.717) is 6.42 Å². The number of rotatable bonds is 2. The van der Waals surface area contributed by atoms with E-state index in [0.717, 1.165) is 0 Å². The molecule has 12 heavy (non-hydrogen) atoms. The Morgan fingerprint density at radius 1 is 1.58 bits per heavy atom. The smallest absolute Gasteiger partial charge is 0.306 e. The van der Waals surface area contributed by atoms with Crippen molar-refractivity contribution in [3.8, 4) is 0 Å². The van der Waals surface area contributed by atoms with Gasteiger partial charge in [-0.1, -0.05) is 0 Å².